The lowest BCUT2D eigenvalue weighted by Gasteiger charge is -2.12. The normalized spacial score (nSPS) is 10.9. The fourth-order valence-corrected chi connectivity index (χ4v) is 5.11. The van der Waals surface area contributed by atoms with Crippen LogP contribution in [0.1, 0.15) is 18.1 Å². The van der Waals surface area contributed by atoms with E-state index >= 15 is 0 Å². The van der Waals surface area contributed by atoms with E-state index in [0.717, 1.165) is 24.0 Å². The van der Waals surface area contributed by atoms with Crippen LogP contribution in [0.4, 0.5) is 5.69 Å². The summed E-state index contributed by atoms with van der Waals surface area (Å²) in [6, 6.07) is 20.2. The number of nitriles is 1. The maximum Gasteiger partial charge on any atom is 0.266 e. The highest BCUT2D eigenvalue weighted by Crippen LogP contribution is 2.31. The molecule has 1 N–H and O–H groups in total. The Hall–Kier alpha value is -2.29. The van der Waals surface area contributed by atoms with Gasteiger partial charge in [0.15, 0.2) is 0 Å². The molecule has 5 nitrogen and oxygen atoms in total. The second kappa shape index (κ2) is 12.3. The highest BCUT2D eigenvalue weighted by molar-refractivity contribution is 14.1. The number of amides is 1. The van der Waals surface area contributed by atoms with E-state index in [1.807, 2.05) is 49.4 Å². The fourth-order valence-electron chi connectivity index (χ4n) is 2.85. The smallest absolute Gasteiger partial charge is 0.266 e. The molecule has 0 aliphatic carbocycles. The molecule has 8 heteroatoms. The second-order valence-corrected chi connectivity index (χ2v) is 9.57. The topological polar surface area (TPSA) is 71.3 Å². The predicted octanol–water partition coefficient (Wildman–Crippen LogP) is 7.07. The van der Waals surface area contributed by atoms with Crippen molar-refractivity contribution < 1.29 is 14.3 Å². The Morgan fingerprint density at radius 1 is 1.06 bits per heavy atom. The van der Waals surface area contributed by atoms with E-state index in [9.17, 15) is 10.1 Å². The molecular formula is C25H19ClI2N2O3. The SMILES string of the molecule is CCOc1ccc(NC(=O)/C(C#N)=C\c2cc(I)c(OCc3ccc(Cl)cc3)c(I)c2)cc1. The largest absolute Gasteiger partial charge is 0.494 e. The van der Waals surface area contributed by atoms with Crippen molar-refractivity contribution in [2.24, 2.45) is 0 Å². The van der Waals surface area contributed by atoms with E-state index in [1.54, 1.807) is 30.3 Å². The van der Waals surface area contributed by atoms with Gasteiger partial charge in [-0.15, -0.1) is 0 Å². The number of benzene rings is 3. The third-order valence-corrected chi connectivity index (χ3v) is 6.27. The van der Waals surface area contributed by atoms with Gasteiger partial charge in [-0.05, 0) is 118 Å². The third kappa shape index (κ3) is 7.35. The fraction of sp³-hybridized carbons (Fsp3) is 0.120. The third-order valence-electron chi connectivity index (χ3n) is 4.42. The van der Waals surface area contributed by atoms with Gasteiger partial charge in [0, 0.05) is 10.7 Å². The molecular weight excluding hydrogens is 666 g/mol. The van der Waals surface area contributed by atoms with E-state index in [4.69, 9.17) is 21.1 Å². The zero-order valence-electron chi connectivity index (χ0n) is 17.6. The minimum atomic E-state index is -0.477. The van der Waals surface area contributed by atoms with Gasteiger partial charge in [0.2, 0.25) is 0 Å². The van der Waals surface area contributed by atoms with Crippen LogP contribution in [0.5, 0.6) is 11.5 Å². The first-order valence-electron chi connectivity index (χ1n) is 9.92. The Balaban J connectivity index is 1.72. The number of halogens is 3. The van der Waals surface area contributed by atoms with Crippen molar-refractivity contribution >= 4 is 74.5 Å². The van der Waals surface area contributed by atoms with Gasteiger partial charge in [-0.25, -0.2) is 0 Å². The monoisotopic (exact) mass is 684 g/mol. The molecule has 0 atom stereocenters. The van der Waals surface area contributed by atoms with Crippen molar-refractivity contribution in [1.82, 2.24) is 0 Å². The lowest BCUT2D eigenvalue weighted by molar-refractivity contribution is -0.112. The molecule has 3 aromatic carbocycles. The molecule has 0 aliphatic heterocycles. The van der Waals surface area contributed by atoms with Gasteiger partial charge in [-0.1, -0.05) is 23.7 Å². The van der Waals surface area contributed by atoms with E-state index in [2.05, 4.69) is 50.5 Å². The van der Waals surface area contributed by atoms with Gasteiger partial charge < -0.3 is 14.8 Å². The molecule has 0 aliphatic rings. The van der Waals surface area contributed by atoms with Crippen LogP contribution in [-0.4, -0.2) is 12.5 Å². The molecule has 0 fully saturated rings. The average molecular weight is 685 g/mol. The average Bonchev–Trinajstić information content (AvgIpc) is 2.79. The molecule has 1 amide bonds. The van der Waals surface area contributed by atoms with E-state index in [-0.39, 0.29) is 5.57 Å². The Morgan fingerprint density at radius 3 is 2.27 bits per heavy atom. The van der Waals surface area contributed by atoms with Gasteiger partial charge in [0.25, 0.3) is 5.91 Å². The van der Waals surface area contributed by atoms with Crippen molar-refractivity contribution in [3.8, 4) is 17.6 Å². The minimum Gasteiger partial charge on any atom is -0.494 e. The van der Waals surface area contributed by atoms with Crippen molar-refractivity contribution in [1.29, 1.82) is 5.26 Å². The number of carbonyl (C=O) groups is 1. The molecule has 0 radical (unpaired) electrons. The summed E-state index contributed by atoms with van der Waals surface area (Å²) in [5, 5.41) is 13.0. The van der Waals surface area contributed by atoms with Crippen LogP contribution in [0.25, 0.3) is 6.08 Å². The highest BCUT2D eigenvalue weighted by Gasteiger charge is 2.13. The Labute approximate surface area is 225 Å². The summed E-state index contributed by atoms with van der Waals surface area (Å²) in [5.74, 6) is 0.990. The van der Waals surface area contributed by atoms with Crippen LogP contribution in [0.3, 0.4) is 0 Å². The number of ether oxygens (including phenoxy) is 2. The maximum absolute atomic E-state index is 12.6. The number of hydrogen-bond donors (Lipinski definition) is 1. The molecule has 168 valence electrons. The highest BCUT2D eigenvalue weighted by atomic mass is 127. The molecule has 0 spiro atoms. The Kier molecular flexibility index (Phi) is 9.41. The standard InChI is InChI=1S/C25H19ClI2N2O3/c1-2-32-21-9-7-20(8-10-21)30-25(31)18(14-29)11-17-12-22(27)24(23(28)13-17)33-15-16-3-5-19(26)6-4-16/h3-13H,2,15H2,1H3,(H,30,31)/b18-11-. The zero-order chi connectivity index (χ0) is 23.8. The number of nitrogens with zero attached hydrogens (tertiary/aromatic N) is 1. The predicted molar refractivity (Wildman–Crippen MR) is 147 cm³/mol. The zero-order valence-corrected chi connectivity index (χ0v) is 22.6. The molecule has 3 rings (SSSR count). The minimum absolute atomic E-state index is 0.00492. The summed E-state index contributed by atoms with van der Waals surface area (Å²) in [5.41, 5.74) is 2.33. The van der Waals surface area contributed by atoms with Crippen molar-refractivity contribution in [2.75, 3.05) is 11.9 Å². The molecule has 0 heterocycles. The van der Waals surface area contributed by atoms with E-state index in [0.29, 0.717) is 29.7 Å². The van der Waals surface area contributed by atoms with Crippen LogP contribution >= 0.6 is 56.8 Å². The molecule has 0 unspecified atom stereocenters. The van der Waals surface area contributed by atoms with Crippen LogP contribution in [0.15, 0.2) is 66.2 Å². The van der Waals surface area contributed by atoms with Crippen LogP contribution in [0.2, 0.25) is 5.02 Å². The number of rotatable bonds is 8. The van der Waals surface area contributed by atoms with E-state index < -0.39 is 5.91 Å². The first-order valence-corrected chi connectivity index (χ1v) is 12.5. The molecule has 0 aromatic heterocycles. The molecule has 0 saturated carbocycles. The van der Waals surface area contributed by atoms with Crippen LogP contribution in [-0.2, 0) is 11.4 Å². The number of hydrogen-bond acceptors (Lipinski definition) is 4. The maximum atomic E-state index is 12.6. The summed E-state index contributed by atoms with van der Waals surface area (Å²) in [7, 11) is 0. The summed E-state index contributed by atoms with van der Waals surface area (Å²) in [6.07, 6.45) is 1.57. The van der Waals surface area contributed by atoms with Crippen molar-refractivity contribution in [3.63, 3.8) is 0 Å². The number of carbonyl (C=O) groups excluding carboxylic acids is 1. The van der Waals surface area contributed by atoms with Crippen molar-refractivity contribution in [2.45, 2.75) is 13.5 Å². The molecule has 33 heavy (non-hydrogen) atoms. The second-order valence-electron chi connectivity index (χ2n) is 6.81. The van der Waals surface area contributed by atoms with E-state index in [1.165, 1.54) is 0 Å². The lowest BCUT2D eigenvalue weighted by atomic mass is 10.1. The Morgan fingerprint density at radius 2 is 1.70 bits per heavy atom. The number of nitrogens with one attached hydrogen (secondary N) is 1. The van der Waals surface area contributed by atoms with Gasteiger partial charge in [0.05, 0.1) is 13.7 Å². The summed E-state index contributed by atoms with van der Waals surface area (Å²) >= 11 is 10.3. The first kappa shape index (κ1) is 25.3. The quantitative estimate of drug-likeness (QED) is 0.157. The van der Waals surface area contributed by atoms with Crippen LogP contribution in [0, 0.1) is 18.5 Å². The first-order chi connectivity index (χ1) is 15.9. The summed E-state index contributed by atoms with van der Waals surface area (Å²) in [4.78, 5) is 12.6. The Bertz CT molecular complexity index is 1180. The summed E-state index contributed by atoms with van der Waals surface area (Å²) in [6.45, 7) is 2.88. The lowest BCUT2D eigenvalue weighted by Crippen LogP contribution is -2.13. The van der Waals surface area contributed by atoms with Gasteiger partial charge in [0.1, 0.15) is 29.7 Å². The molecule has 0 bridgehead atoms. The molecule has 3 aromatic rings. The number of anilines is 1. The van der Waals surface area contributed by atoms with Gasteiger partial charge in [-0.2, -0.15) is 5.26 Å². The molecule has 0 saturated heterocycles. The van der Waals surface area contributed by atoms with Gasteiger partial charge >= 0.3 is 0 Å². The summed E-state index contributed by atoms with van der Waals surface area (Å²) < 4.78 is 13.2. The van der Waals surface area contributed by atoms with Crippen LogP contribution < -0.4 is 14.8 Å². The van der Waals surface area contributed by atoms with Gasteiger partial charge in [-0.3, -0.25) is 4.79 Å². The van der Waals surface area contributed by atoms with Crippen molar-refractivity contribution in [3.05, 3.63) is 89.5 Å².